The Kier molecular flexibility index (Phi) is 6.85. The van der Waals surface area contributed by atoms with Crippen molar-refractivity contribution in [3.63, 3.8) is 0 Å². The topological polar surface area (TPSA) is 24.1 Å². The molecule has 0 saturated heterocycles. The summed E-state index contributed by atoms with van der Waals surface area (Å²) in [4.78, 5) is 1.34. The van der Waals surface area contributed by atoms with E-state index in [1.54, 1.807) is 0 Å². The molecule has 1 saturated carbocycles. The van der Waals surface area contributed by atoms with Gasteiger partial charge in [0.2, 0.25) is 0 Å². The molecule has 0 spiro atoms. The van der Waals surface area contributed by atoms with Crippen LogP contribution in [0, 0.1) is 0 Å². The summed E-state index contributed by atoms with van der Waals surface area (Å²) in [5.74, 6) is 0. The highest BCUT2D eigenvalue weighted by Gasteiger charge is 2.10. The van der Waals surface area contributed by atoms with Crippen molar-refractivity contribution in [2.24, 2.45) is 0 Å². The predicted molar refractivity (Wildman–Crippen MR) is 105 cm³/mol. The van der Waals surface area contributed by atoms with E-state index < -0.39 is 0 Å². The molecule has 2 rings (SSSR count). The van der Waals surface area contributed by atoms with Gasteiger partial charge in [0.25, 0.3) is 0 Å². The van der Waals surface area contributed by atoms with Crippen LogP contribution in [0.1, 0.15) is 51.2 Å². The van der Waals surface area contributed by atoms with Gasteiger partial charge in [-0.2, -0.15) is 0 Å². The van der Waals surface area contributed by atoms with E-state index in [2.05, 4.69) is 67.3 Å². The van der Waals surface area contributed by atoms with Crippen LogP contribution >= 0.6 is 11.8 Å². The molecule has 1 aromatic rings. The fraction of sp³-hybridized carbons (Fsp3) is 0.400. The second-order valence-electron chi connectivity index (χ2n) is 6.03. The lowest BCUT2D eigenvalue weighted by atomic mass is 10.1. The van der Waals surface area contributed by atoms with E-state index in [9.17, 15) is 0 Å². The maximum absolute atomic E-state index is 3.42. The third kappa shape index (κ3) is 5.51. The molecule has 2 N–H and O–H groups in total. The summed E-state index contributed by atoms with van der Waals surface area (Å²) in [5.41, 5.74) is 6.66. The zero-order valence-corrected chi connectivity index (χ0v) is 15.5. The minimum absolute atomic E-state index is 0.868. The standard InChI is InChI=1S/C20H28N2S/c1-5-6-11-23-20(15(2)3)17-9-10-18(19(12-17)21-4)14-22-13-16-7-8-16/h6,9-13,21-22H,5,7-8,14H2,1-4H3/b11-6-. The van der Waals surface area contributed by atoms with E-state index in [1.165, 1.54) is 45.7 Å². The van der Waals surface area contributed by atoms with Gasteiger partial charge in [-0.1, -0.05) is 48.0 Å². The number of nitrogens with one attached hydrogen (secondary N) is 2. The van der Waals surface area contributed by atoms with E-state index >= 15 is 0 Å². The van der Waals surface area contributed by atoms with Crippen LogP contribution in [0.25, 0.3) is 4.91 Å². The molecule has 1 aromatic carbocycles. The number of rotatable bonds is 8. The lowest BCUT2D eigenvalue weighted by molar-refractivity contribution is 0.868. The van der Waals surface area contributed by atoms with Crippen LogP contribution in [0.3, 0.4) is 0 Å². The molecule has 0 aliphatic heterocycles. The predicted octanol–water partition coefficient (Wildman–Crippen LogP) is 5.90. The number of hydrogen-bond donors (Lipinski definition) is 2. The highest BCUT2D eigenvalue weighted by atomic mass is 32.2. The van der Waals surface area contributed by atoms with Gasteiger partial charge in [-0.05, 0) is 61.9 Å². The molecular weight excluding hydrogens is 300 g/mol. The largest absolute Gasteiger partial charge is 0.388 e. The van der Waals surface area contributed by atoms with E-state index in [4.69, 9.17) is 0 Å². The van der Waals surface area contributed by atoms with E-state index in [1.807, 2.05) is 18.8 Å². The average Bonchev–Trinajstić information content (AvgIpc) is 3.36. The fourth-order valence-electron chi connectivity index (χ4n) is 2.31. The molecule has 0 atom stereocenters. The molecule has 0 unspecified atom stereocenters. The van der Waals surface area contributed by atoms with Crippen LogP contribution < -0.4 is 10.6 Å². The zero-order chi connectivity index (χ0) is 16.7. The molecule has 0 heterocycles. The lowest BCUT2D eigenvalue weighted by Gasteiger charge is -2.14. The maximum Gasteiger partial charge on any atom is 0.0415 e. The van der Waals surface area contributed by atoms with E-state index in [0.717, 1.165) is 13.0 Å². The molecule has 23 heavy (non-hydrogen) atoms. The highest BCUT2D eigenvalue weighted by Crippen LogP contribution is 2.34. The molecule has 0 aromatic heterocycles. The molecular formula is C20H28N2S. The van der Waals surface area contributed by atoms with Gasteiger partial charge in [-0.25, -0.2) is 0 Å². The number of anilines is 1. The van der Waals surface area contributed by atoms with Crippen LogP contribution in [0.5, 0.6) is 0 Å². The van der Waals surface area contributed by atoms with Crippen molar-refractivity contribution in [2.75, 3.05) is 12.4 Å². The Morgan fingerprint density at radius 1 is 1.26 bits per heavy atom. The number of benzene rings is 1. The maximum atomic E-state index is 3.42. The van der Waals surface area contributed by atoms with Crippen LogP contribution in [0.2, 0.25) is 0 Å². The number of thioether (sulfide) groups is 1. The molecule has 3 heteroatoms. The Bertz CT molecular complexity index is 617. The van der Waals surface area contributed by atoms with Crippen molar-refractivity contribution in [3.05, 3.63) is 58.2 Å². The molecule has 1 aliphatic carbocycles. The Balaban J connectivity index is 2.16. The summed E-state index contributed by atoms with van der Waals surface area (Å²) < 4.78 is 0. The smallest absolute Gasteiger partial charge is 0.0415 e. The van der Waals surface area contributed by atoms with Gasteiger partial charge in [0, 0.05) is 24.2 Å². The first-order valence-electron chi connectivity index (χ1n) is 8.37. The summed E-state index contributed by atoms with van der Waals surface area (Å²) >= 11 is 1.81. The third-order valence-electron chi connectivity index (χ3n) is 3.75. The third-order valence-corrected chi connectivity index (χ3v) is 4.96. The van der Waals surface area contributed by atoms with E-state index in [-0.39, 0.29) is 0 Å². The summed E-state index contributed by atoms with van der Waals surface area (Å²) in [6, 6.07) is 6.72. The quantitative estimate of drug-likeness (QED) is 0.621. The molecule has 0 amide bonds. The summed E-state index contributed by atoms with van der Waals surface area (Å²) in [6.45, 7) is 7.39. The van der Waals surface area contributed by atoms with Gasteiger partial charge in [-0.15, -0.1) is 0 Å². The first-order chi connectivity index (χ1) is 11.2. The number of allylic oxidation sites excluding steroid dienone is 3. The second kappa shape index (κ2) is 8.88. The molecule has 0 bridgehead atoms. The lowest BCUT2D eigenvalue weighted by Crippen LogP contribution is -2.07. The Morgan fingerprint density at radius 2 is 2.04 bits per heavy atom. The number of hydrogen-bond acceptors (Lipinski definition) is 3. The van der Waals surface area contributed by atoms with Crippen LogP contribution in [0.4, 0.5) is 5.69 Å². The molecule has 1 fully saturated rings. The Labute approximate surface area is 145 Å². The van der Waals surface area contributed by atoms with Crippen molar-refractivity contribution >= 4 is 22.4 Å². The van der Waals surface area contributed by atoms with Crippen molar-refractivity contribution in [2.45, 2.75) is 46.6 Å². The first-order valence-corrected chi connectivity index (χ1v) is 9.25. The van der Waals surface area contributed by atoms with Gasteiger partial charge in [0.15, 0.2) is 0 Å². The minimum atomic E-state index is 0.868. The second-order valence-corrected chi connectivity index (χ2v) is 6.95. The summed E-state index contributed by atoms with van der Waals surface area (Å²) in [6.07, 6.45) is 7.97. The van der Waals surface area contributed by atoms with Gasteiger partial charge < -0.3 is 10.6 Å². The monoisotopic (exact) mass is 328 g/mol. The van der Waals surface area contributed by atoms with Crippen LogP contribution in [-0.4, -0.2) is 7.05 Å². The zero-order valence-electron chi connectivity index (χ0n) is 14.7. The first kappa shape index (κ1) is 17.7. The van der Waals surface area contributed by atoms with E-state index in [0.29, 0.717) is 0 Å². The molecule has 124 valence electrons. The minimum Gasteiger partial charge on any atom is -0.388 e. The normalized spacial score (nSPS) is 13.1. The van der Waals surface area contributed by atoms with Gasteiger partial charge in [0.05, 0.1) is 0 Å². The Morgan fingerprint density at radius 3 is 2.65 bits per heavy atom. The van der Waals surface area contributed by atoms with Crippen molar-refractivity contribution < 1.29 is 0 Å². The summed E-state index contributed by atoms with van der Waals surface area (Å²) in [7, 11) is 1.99. The fourth-order valence-corrected chi connectivity index (χ4v) is 3.24. The van der Waals surface area contributed by atoms with Gasteiger partial charge >= 0.3 is 0 Å². The van der Waals surface area contributed by atoms with Crippen LogP contribution in [-0.2, 0) is 6.54 Å². The van der Waals surface area contributed by atoms with Crippen molar-refractivity contribution in [1.29, 1.82) is 0 Å². The highest BCUT2D eigenvalue weighted by molar-refractivity contribution is 8.10. The molecule has 2 nitrogen and oxygen atoms in total. The van der Waals surface area contributed by atoms with Crippen molar-refractivity contribution in [3.8, 4) is 0 Å². The van der Waals surface area contributed by atoms with Gasteiger partial charge in [-0.3, -0.25) is 0 Å². The SMILES string of the molecule is CC/C=C\SC(=C(C)C)c1ccc(CNC=C2CC2)c(NC)c1. The molecule has 0 radical (unpaired) electrons. The van der Waals surface area contributed by atoms with Gasteiger partial charge in [0.1, 0.15) is 0 Å². The Hall–Kier alpha value is -1.61. The summed E-state index contributed by atoms with van der Waals surface area (Å²) in [5, 5.41) is 8.95. The van der Waals surface area contributed by atoms with Crippen LogP contribution in [0.15, 0.2) is 47.0 Å². The van der Waals surface area contributed by atoms with Crippen molar-refractivity contribution in [1.82, 2.24) is 5.32 Å². The molecule has 1 aliphatic rings. The average molecular weight is 329 g/mol.